The van der Waals surface area contributed by atoms with Crippen molar-refractivity contribution in [1.82, 2.24) is 4.98 Å². The Labute approximate surface area is 106 Å². The number of thiophene rings is 1. The Morgan fingerprint density at radius 1 is 1.24 bits per heavy atom. The van der Waals surface area contributed by atoms with E-state index >= 15 is 0 Å². The second kappa shape index (κ2) is 4.59. The van der Waals surface area contributed by atoms with Crippen LogP contribution in [0, 0.1) is 0 Å². The van der Waals surface area contributed by atoms with E-state index in [-0.39, 0.29) is 5.41 Å². The van der Waals surface area contributed by atoms with Gasteiger partial charge in [0.1, 0.15) is 6.10 Å². The molecule has 1 atom stereocenters. The van der Waals surface area contributed by atoms with Crippen LogP contribution < -0.4 is 0 Å². The molecule has 0 amide bonds. The minimum Gasteiger partial charge on any atom is -0.383 e. The van der Waals surface area contributed by atoms with E-state index in [1.807, 2.05) is 18.2 Å². The Balaban J connectivity index is 2.27. The van der Waals surface area contributed by atoms with Gasteiger partial charge in [0.05, 0.1) is 0 Å². The van der Waals surface area contributed by atoms with Crippen LogP contribution >= 0.6 is 11.3 Å². The zero-order valence-corrected chi connectivity index (χ0v) is 11.2. The summed E-state index contributed by atoms with van der Waals surface area (Å²) in [5.41, 5.74) is 0.979. The van der Waals surface area contributed by atoms with Crippen molar-refractivity contribution in [1.29, 1.82) is 0 Å². The first-order valence-corrected chi connectivity index (χ1v) is 6.48. The van der Waals surface area contributed by atoms with Crippen LogP contribution in [0.3, 0.4) is 0 Å². The van der Waals surface area contributed by atoms with E-state index in [1.165, 1.54) is 4.88 Å². The van der Waals surface area contributed by atoms with Crippen molar-refractivity contribution in [2.75, 3.05) is 0 Å². The highest BCUT2D eigenvalue weighted by Gasteiger charge is 2.19. The summed E-state index contributed by atoms with van der Waals surface area (Å²) < 4.78 is 0. The molecule has 17 heavy (non-hydrogen) atoms. The number of rotatable bonds is 2. The Bertz CT molecular complexity index is 484. The summed E-state index contributed by atoms with van der Waals surface area (Å²) in [4.78, 5) is 6.29. The van der Waals surface area contributed by atoms with Gasteiger partial charge in [-0.25, -0.2) is 0 Å². The van der Waals surface area contributed by atoms with Crippen LogP contribution in [0.5, 0.6) is 0 Å². The highest BCUT2D eigenvalue weighted by atomic mass is 32.1. The molecule has 2 aromatic heterocycles. The molecule has 0 aliphatic heterocycles. The fourth-order valence-electron chi connectivity index (χ4n) is 1.60. The van der Waals surface area contributed by atoms with Crippen LogP contribution in [0.1, 0.15) is 42.2 Å². The summed E-state index contributed by atoms with van der Waals surface area (Å²) in [5, 5.41) is 10.2. The Morgan fingerprint density at radius 3 is 2.53 bits per heavy atom. The third-order valence-corrected chi connectivity index (χ3v) is 4.20. The van der Waals surface area contributed by atoms with Gasteiger partial charge in [-0.05, 0) is 23.6 Å². The van der Waals surface area contributed by atoms with Crippen LogP contribution in [0.15, 0.2) is 36.7 Å². The normalized spacial score (nSPS) is 13.6. The summed E-state index contributed by atoms with van der Waals surface area (Å²) in [6, 6.07) is 7.84. The van der Waals surface area contributed by atoms with Crippen LogP contribution in [-0.2, 0) is 5.41 Å². The average Bonchev–Trinajstić information content (AvgIpc) is 2.78. The molecule has 0 aliphatic carbocycles. The molecule has 0 aromatic carbocycles. The molecule has 0 radical (unpaired) electrons. The first kappa shape index (κ1) is 12.3. The lowest BCUT2D eigenvalue weighted by Gasteiger charge is -2.15. The second-order valence-electron chi connectivity index (χ2n) is 5.14. The van der Waals surface area contributed by atoms with Crippen molar-refractivity contribution in [3.63, 3.8) is 0 Å². The van der Waals surface area contributed by atoms with Gasteiger partial charge in [0.2, 0.25) is 0 Å². The molecule has 0 saturated heterocycles. The Hall–Kier alpha value is -1.19. The van der Waals surface area contributed by atoms with Gasteiger partial charge in [-0.15, -0.1) is 11.3 Å². The number of aliphatic hydroxyl groups excluding tert-OH is 1. The molecular formula is C14H17NOS. The monoisotopic (exact) mass is 247 g/mol. The molecule has 0 bridgehead atoms. The molecule has 90 valence electrons. The maximum Gasteiger partial charge on any atom is 0.115 e. The first-order valence-electron chi connectivity index (χ1n) is 5.66. The minimum atomic E-state index is -0.565. The molecular weight excluding hydrogens is 230 g/mol. The predicted molar refractivity (Wildman–Crippen MR) is 71.3 cm³/mol. The van der Waals surface area contributed by atoms with Gasteiger partial charge in [0.15, 0.2) is 0 Å². The predicted octanol–water partition coefficient (Wildman–Crippen LogP) is 3.52. The van der Waals surface area contributed by atoms with E-state index in [1.54, 1.807) is 23.7 Å². The summed E-state index contributed by atoms with van der Waals surface area (Å²) >= 11 is 1.66. The molecule has 1 N–H and O–H groups in total. The van der Waals surface area contributed by atoms with E-state index in [0.29, 0.717) is 0 Å². The lowest BCUT2D eigenvalue weighted by Crippen LogP contribution is -2.07. The van der Waals surface area contributed by atoms with E-state index in [0.717, 1.165) is 10.4 Å². The van der Waals surface area contributed by atoms with E-state index in [9.17, 15) is 5.11 Å². The molecule has 0 spiro atoms. The van der Waals surface area contributed by atoms with Crippen molar-refractivity contribution in [2.45, 2.75) is 32.3 Å². The summed E-state index contributed by atoms with van der Waals surface area (Å²) in [6.45, 7) is 6.54. The highest BCUT2D eigenvalue weighted by Crippen LogP contribution is 2.34. The number of hydrogen-bond acceptors (Lipinski definition) is 3. The van der Waals surface area contributed by atoms with Gasteiger partial charge >= 0.3 is 0 Å². The fraction of sp³-hybridized carbons (Fsp3) is 0.357. The minimum absolute atomic E-state index is 0.136. The third-order valence-electron chi connectivity index (χ3n) is 2.64. The number of nitrogens with zero attached hydrogens (tertiary/aromatic N) is 1. The van der Waals surface area contributed by atoms with Crippen molar-refractivity contribution >= 4 is 11.3 Å². The maximum atomic E-state index is 10.2. The molecule has 1 unspecified atom stereocenters. The van der Waals surface area contributed by atoms with Crippen molar-refractivity contribution in [2.24, 2.45) is 0 Å². The highest BCUT2D eigenvalue weighted by molar-refractivity contribution is 7.12. The smallest absolute Gasteiger partial charge is 0.115 e. The molecule has 0 fully saturated rings. The van der Waals surface area contributed by atoms with E-state index in [4.69, 9.17) is 0 Å². The van der Waals surface area contributed by atoms with Gasteiger partial charge in [-0.3, -0.25) is 4.98 Å². The maximum absolute atomic E-state index is 10.2. The molecule has 2 nitrogen and oxygen atoms in total. The summed E-state index contributed by atoms with van der Waals surface area (Å²) in [7, 11) is 0. The molecule has 2 heterocycles. The first-order chi connectivity index (χ1) is 7.98. The molecule has 0 aliphatic rings. The number of hydrogen-bond donors (Lipinski definition) is 1. The summed E-state index contributed by atoms with van der Waals surface area (Å²) in [6.07, 6.45) is 2.86. The lowest BCUT2D eigenvalue weighted by atomic mass is 9.95. The van der Waals surface area contributed by atoms with Crippen LogP contribution in [0.25, 0.3) is 0 Å². The van der Waals surface area contributed by atoms with Gasteiger partial charge in [0.25, 0.3) is 0 Å². The summed E-state index contributed by atoms with van der Waals surface area (Å²) in [5.74, 6) is 0. The third kappa shape index (κ3) is 2.73. The number of pyridine rings is 1. The Kier molecular flexibility index (Phi) is 3.31. The number of aliphatic hydroxyl groups is 1. The molecule has 0 saturated carbocycles. The molecule has 3 heteroatoms. The van der Waals surface area contributed by atoms with E-state index in [2.05, 4.69) is 31.8 Å². The molecule has 2 rings (SSSR count). The zero-order valence-electron chi connectivity index (χ0n) is 10.3. The van der Waals surface area contributed by atoms with Crippen molar-refractivity contribution in [3.8, 4) is 0 Å². The van der Waals surface area contributed by atoms with Crippen LogP contribution in [-0.4, -0.2) is 10.1 Å². The van der Waals surface area contributed by atoms with Crippen LogP contribution in [0.4, 0.5) is 0 Å². The van der Waals surface area contributed by atoms with Gasteiger partial charge in [0, 0.05) is 27.7 Å². The average molecular weight is 247 g/mol. The lowest BCUT2D eigenvalue weighted by molar-refractivity contribution is 0.223. The molecule has 2 aromatic rings. The SMILES string of the molecule is CC(C)(C)c1ccc(C(O)c2cccnc2)s1. The van der Waals surface area contributed by atoms with Crippen molar-refractivity contribution < 1.29 is 5.11 Å². The quantitative estimate of drug-likeness (QED) is 0.880. The topological polar surface area (TPSA) is 33.1 Å². The zero-order chi connectivity index (χ0) is 12.5. The second-order valence-corrected chi connectivity index (χ2v) is 6.26. The van der Waals surface area contributed by atoms with Crippen molar-refractivity contribution in [3.05, 3.63) is 52.0 Å². The number of aromatic nitrogens is 1. The van der Waals surface area contributed by atoms with Gasteiger partial charge in [-0.2, -0.15) is 0 Å². The van der Waals surface area contributed by atoms with E-state index < -0.39 is 6.10 Å². The van der Waals surface area contributed by atoms with Gasteiger partial charge in [-0.1, -0.05) is 26.8 Å². The largest absolute Gasteiger partial charge is 0.383 e. The Morgan fingerprint density at radius 2 is 2.00 bits per heavy atom. The van der Waals surface area contributed by atoms with Crippen LogP contribution in [0.2, 0.25) is 0 Å². The standard InChI is InChI=1S/C14H17NOS/c1-14(2,3)12-7-6-11(17-12)13(16)10-5-4-8-15-9-10/h4-9,13,16H,1-3H3. The fourth-order valence-corrected chi connectivity index (χ4v) is 2.68. The van der Waals surface area contributed by atoms with Gasteiger partial charge < -0.3 is 5.11 Å².